The Balaban J connectivity index is 1.28. The van der Waals surface area contributed by atoms with Crippen LogP contribution in [0.5, 0.6) is 0 Å². The number of rotatable bonds is 6. The molecule has 1 aliphatic rings. The van der Waals surface area contributed by atoms with Crippen LogP contribution in [-0.4, -0.2) is 47.3 Å². The van der Waals surface area contributed by atoms with Gasteiger partial charge in [-0.05, 0) is 60.6 Å². The van der Waals surface area contributed by atoms with Crippen molar-refractivity contribution in [1.29, 1.82) is 0 Å². The molecule has 0 aliphatic carbocycles. The van der Waals surface area contributed by atoms with E-state index in [9.17, 15) is 9.59 Å². The molecule has 7 heteroatoms. The summed E-state index contributed by atoms with van der Waals surface area (Å²) >= 11 is 0. The summed E-state index contributed by atoms with van der Waals surface area (Å²) in [5.74, 6) is -0.726. The van der Waals surface area contributed by atoms with E-state index in [2.05, 4.69) is 79.1 Å². The van der Waals surface area contributed by atoms with Crippen molar-refractivity contribution in [3.8, 4) is 11.1 Å². The van der Waals surface area contributed by atoms with Crippen LogP contribution in [0, 0.1) is 5.41 Å². The normalized spacial score (nSPS) is 15.0. The lowest BCUT2D eigenvalue weighted by Gasteiger charge is -2.36. The number of benzene rings is 3. The minimum Gasteiger partial charge on any atom is -0.443 e. The van der Waals surface area contributed by atoms with Crippen molar-refractivity contribution in [1.82, 2.24) is 9.47 Å². The second kappa shape index (κ2) is 11.0. The number of piperazine rings is 1. The fraction of sp³-hybridized carbons (Fsp3) is 0.394. The lowest BCUT2D eigenvalue weighted by atomic mass is 9.84. The number of aromatic nitrogens is 1. The van der Waals surface area contributed by atoms with E-state index in [4.69, 9.17) is 9.15 Å². The topological polar surface area (TPSA) is 67.9 Å². The Morgan fingerprint density at radius 3 is 2.23 bits per heavy atom. The second-order valence-electron chi connectivity index (χ2n) is 12.5. The van der Waals surface area contributed by atoms with Crippen molar-refractivity contribution >= 4 is 22.9 Å². The van der Waals surface area contributed by atoms with Crippen LogP contribution in [0.2, 0.25) is 0 Å². The van der Waals surface area contributed by atoms with Gasteiger partial charge in [0.15, 0.2) is 5.58 Å². The molecule has 3 aromatic carbocycles. The molecule has 1 saturated heterocycles. The van der Waals surface area contributed by atoms with Crippen LogP contribution in [0.15, 0.2) is 82.0 Å². The smallest absolute Gasteiger partial charge is 0.429 e. The molecular weight excluding hydrogens is 502 g/mol. The first-order chi connectivity index (χ1) is 19.0. The molecule has 1 fully saturated rings. The average molecular weight is 542 g/mol. The average Bonchev–Trinajstić information content (AvgIpc) is 3.24. The van der Waals surface area contributed by atoms with Gasteiger partial charge in [-0.15, -0.1) is 0 Å². The van der Waals surface area contributed by atoms with Gasteiger partial charge in [-0.1, -0.05) is 75.4 Å². The van der Waals surface area contributed by atoms with E-state index in [-0.39, 0.29) is 5.41 Å². The second-order valence-corrected chi connectivity index (χ2v) is 12.5. The minimum atomic E-state index is -0.729. The molecule has 2 heterocycles. The zero-order chi connectivity index (χ0) is 28.5. The lowest BCUT2D eigenvalue weighted by molar-refractivity contribution is 0.0105. The summed E-state index contributed by atoms with van der Waals surface area (Å²) in [5, 5.41) is 0. The Morgan fingerprint density at radius 1 is 0.850 bits per heavy atom. The number of hydrogen-bond donors (Lipinski definition) is 0. The number of carbonyl (C=O) groups is 1. The van der Waals surface area contributed by atoms with Gasteiger partial charge in [0.25, 0.3) is 0 Å². The zero-order valence-electron chi connectivity index (χ0n) is 24.1. The van der Waals surface area contributed by atoms with E-state index in [0.29, 0.717) is 17.5 Å². The van der Waals surface area contributed by atoms with Crippen molar-refractivity contribution in [3.05, 3.63) is 88.9 Å². The highest BCUT2D eigenvalue weighted by Crippen LogP contribution is 2.31. The summed E-state index contributed by atoms with van der Waals surface area (Å²) in [6, 6.07) is 24.7. The van der Waals surface area contributed by atoms with Crippen molar-refractivity contribution in [2.24, 2.45) is 5.41 Å². The fourth-order valence-corrected chi connectivity index (χ4v) is 5.93. The number of anilines is 1. The number of hydrogen-bond acceptors (Lipinski definition) is 6. The van der Waals surface area contributed by atoms with Crippen LogP contribution in [0.4, 0.5) is 10.5 Å². The molecule has 0 radical (unpaired) electrons. The van der Waals surface area contributed by atoms with Crippen LogP contribution in [0.1, 0.15) is 46.6 Å². The quantitative estimate of drug-likeness (QED) is 0.268. The number of ether oxygens (including phenoxy) is 1. The maximum absolute atomic E-state index is 13.1. The van der Waals surface area contributed by atoms with E-state index in [1.807, 2.05) is 32.0 Å². The van der Waals surface area contributed by atoms with Crippen molar-refractivity contribution in [3.63, 3.8) is 0 Å². The predicted octanol–water partition coefficient (Wildman–Crippen LogP) is 6.78. The zero-order valence-corrected chi connectivity index (χ0v) is 24.1. The van der Waals surface area contributed by atoms with Gasteiger partial charge in [0.05, 0.1) is 5.69 Å². The molecule has 1 aliphatic heterocycles. The molecule has 7 nitrogen and oxygen atoms in total. The Kier molecular flexibility index (Phi) is 7.60. The largest absolute Gasteiger partial charge is 0.443 e. The van der Waals surface area contributed by atoms with Crippen molar-refractivity contribution < 1.29 is 13.9 Å². The number of nitrogens with zero attached hydrogens (tertiary/aromatic N) is 3. The van der Waals surface area contributed by atoms with E-state index in [1.165, 1.54) is 16.7 Å². The summed E-state index contributed by atoms with van der Waals surface area (Å²) < 4.78 is 12.4. The van der Waals surface area contributed by atoms with Crippen LogP contribution in [0.25, 0.3) is 22.2 Å². The highest BCUT2D eigenvalue weighted by atomic mass is 16.6. The number of fused-ring (bicyclic) bond motifs is 1. The highest BCUT2D eigenvalue weighted by molar-refractivity contribution is 5.92. The molecule has 0 atom stereocenters. The highest BCUT2D eigenvalue weighted by Gasteiger charge is 2.32. The predicted molar refractivity (Wildman–Crippen MR) is 160 cm³/mol. The monoisotopic (exact) mass is 541 g/mol. The number of para-hydroxylation sites is 1. The first-order valence-electron chi connectivity index (χ1n) is 14.0. The molecule has 40 heavy (non-hydrogen) atoms. The molecule has 4 aromatic rings. The minimum absolute atomic E-state index is 0.0345. The van der Waals surface area contributed by atoms with E-state index in [0.717, 1.165) is 43.0 Å². The van der Waals surface area contributed by atoms with Gasteiger partial charge < -0.3 is 14.1 Å². The van der Waals surface area contributed by atoms with Crippen molar-refractivity contribution in [2.75, 3.05) is 31.1 Å². The van der Waals surface area contributed by atoms with Gasteiger partial charge in [-0.2, -0.15) is 4.57 Å². The fourth-order valence-electron chi connectivity index (χ4n) is 5.93. The summed E-state index contributed by atoms with van der Waals surface area (Å²) in [6.45, 7) is 14.2. The first kappa shape index (κ1) is 27.7. The molecule has 0 saturated carbocycles. The van der Waals surface area contributed by atoms with Gasteiger partial charge in [-0.25, -0.2) is 9.59 Å². The first-order valence-corrected chi connectivity index (χ1v) is 14.0. The maximum atomic E-state index is 13.1. The summed E-state index contributed by atoms with van der Waals surface area (Å²) in [5.41, 5.74) is 4.63. The SMILES string of the molecule is CC(C)(C)CC(C)(C)OC(=O)n1c(=O)oc2c(N3CCN(Cc4cccc(-c5ccccc5)c4)CC3)cccc21. The summed E-state index contributed by atoms with van der Waals surface area (Å²) in [6.07, 6.45) is -0.0554. The molecule has 0 bridgehead atoms. The van der Waals surface area contributed by atoms with Crippen molar-refractivity contribution in [2.45, 2.75) is 53.2 Å². The molecule has 5 rings (SSSR count). The number of oxazole rings is 1. The third-order valence-electron chi connectivity index (χ3n) is 7.24. The van der Waals surface area contributed by atoms with E-state index in [1.54, 1.807) is 6.07 Å². The third kappa shape index (κ3) is 6.31. The molecule has 210 valence electrons. The van der Waals surface area contributed by atoms with Crippen LogP contribution >= 0.6 is 0 Å². The third-order valence-corrected chi connectivity index (χ3v) is 7.24. The Morgan fingerprint density at radius 2 is 1.52 bits per heavy atom. The van der Waals surface area contributed by atoms with Gasteiger partial charge in [0.1, 0.15) is 11.1 Å². The number of carbonyl (C=O) groups excluding carboxylic acids is 1. The lowest BCUT2D eigenvalue weighted by Crippen LogP contribution is -2.46. The van der Waals surface area contributed by atoms with Gasteiger partial charge in [0, 0.05) is 32.7 Å². The molecule has 1 aromatic heterocycles. The standard InChI is InChI=1S/C33H39N3O4/c1-32(2,3)23-33(4,5)40-31(38)36-28-16-10-15-27(29(28)39-30(36)37)35-19-17-34(18-20-35)22-24-11-9-14-26(21-24)25-12-7-6-8-13-25/h6-16,21H,17-20,22-23H2,1-5H3. The van der Waals surface area contributed by atoms with Crippen LogP contribution < -0.4 is 10.7 Å². The molecule has 0 amide bonds. The molecule has 0 N–H and O–H groups in total. The van der Waals surface area contributed by atoms with Gasteiger partial charge >= 0.3 is 11.8 Å². The molecule has 0 spiro atoms. The molecule has 0 unspecified atom stereocenters. The van der Waals surface area contributed by atoms with Gasteiger partial charge in [0.2, 0.25) is 0 Å². The van der Waals surface area contributed by atoms with Gasteiger partial charge in [-0.3, -0.25) is 4.90 Å². The van der Waals surface area contributed by atoms with Crippen LogP contribution in [0.3, 0.4) is 0 Å². The Labute approximate surface area is 236 Å². The van der Waals surface area contributed by atoms with E-state index >= 15 is 0 Å². The van der Waals surface area contributed by atoms with E-state index < -0.39 is 17.5 Å². The van der Waals surface area contributed by atoms with Crippen LogP contribution in [-0.2, 0) is 11.3 Å². The Bertz CT molecular complexity index is 1540. The Hall–Kier alpha value is -3.84. The maximum Gasteiger partial charge on any atom is 0.429 e. The molecular formula is C33H39N3O4. The summed E-state index contributed by atoms with van der Waals surface area (Å²) in [7, 11) is 0. The summed E-state index contributed by atoms with van der Waals surface area (Å²) in [4.78, 5) is 30.6.